The second-order valence-corrected chi connectivity index (χ2v) is 3.83. The quantitative estimate of drug-likeness (QED) is 0.844. The topological polar surface area (TPSA) is 20.2 Å². The molecule has 2 heteroatoms. The first-order valence-electron chi connectivity index (χ1n) is 4.11. The summed E-state index contributed by atoms with van der Waals surface area (Å²) < 4.78 is 1.13. The van der Waals surface area contributed by atoms with Crippen molar-refractivity contribution in [1.29, 1.82) is 0 Å². The van der Waals surface area contributed by atoms with Crippen molar-refractivity contribution in [3.05, 3.63) is 34.3 Å². The van der Waals surface area contributed by atoms with Crippen molar-refractivity contribution in [3.8, 4) is 0 Å². The Bertz CT molecular complexity index is 245. The van der Waals surface area contributed by atoms with Gasteiger partial charge in [0.1, 0.15) is 0 Å². The maximum absolute atomic E-state index is 9.09. The van der Waals surface area contributed by atoms with Gasteiger partial charge in [0.05, 0.1) is 6.10 Å². The number of hydrogen-bond acceptors (Lipinski definition) is 1. The van der Waals surface area contributed by atoms with Crippen LogP contribution in [0.25, 0.3) is 0 Å². The van der Waals surface area contributed by atoms with Crippen molar-refractivity contribution in [1.82, 2.24) is 0 Å². The molecule has 0 saturated heterocycles. The largest absolute Gasteiger partial charge is 0.393 e. The fourth-order valence-corrected chi connectivity index (χ4v) is 1.55. The van der Waals surface area contributed by atoms with E-state index in [0.29, 0.717) is 0 Å². The van der Waals surface area contributed by atoms with Crippen LogP contribution >= 0.6 is 15.9 Å². The summed E-state index contributed by atoms with van der Waals surface area (Å²) in [5, 5.41) is 9.09. The van der Waals surface area contributed by atoms with Crippen molar-refractivity contribution in [3.63, 3.8) is 0 Å². The predicted molar refractivity (Wildman–Crippen MR) is 54.1 cm³/mol. The Morgan fingerprint density at radius 3 is 2.67 bits per heavy atom. The Morgan fingerprint density at radius 2 is 2.08 bits per heavy atom. The molecule has 0 aliphatic rings. The summed E-state index contributed by atoms with van der Waals surface area (Å²) in [6.07, 6.45) is 1.54. The maximum Gasteiger partial charge on any atom is 0.0515 e. The summed E-state index contributed by atoms with van der Waals surface area (Å²) >= 11 is 3.46. The summed E-state index contributed by atoms with van der Waals surface area (Å²) in [7, 11) is 0. The molecule has 1 atom stereocenters. The minimum atomic E-state index is -0.211. The summed E-state index contributed by atoms with van der Waals surface area (Å²) in [6.45, 7) is 1.82. The molecule has 0 unspecified atom stereocenters. The molecule has 1 rings (SSSR count). The SMILES string of the molecule is C[C@H](O)CCc1ccccc1Br. The summed E-state index contributed by atoms with van der Waals surface area (Å²) in [5.74, 6) is 0. The van der Waals surface area contributed by atoms with E-state index in [-0.39, 0.29) is 6.10 Å². The van der Waals surface area contributed by atoms with E-state index in [1.54, 1.807) is 0 Å². The Hall–Kier alpha value is -0.340. The molecule has 1 aromatic rings. The number of halogens is 1. The van der Waals surface area contributed by atoms with Crippen LogP contribution in [0.15, 0.2) is 28.7 Å². The number of benzene rings is 1. The minimum Gasteiger partial charge on any atom is -0.393 e. The molecule has 1 N–H and O–H groups in total. The average Bonchev–Trinajstić information content (AvgIpc) is 2.03. The molecule has 0 amide bonds. The molecule has 0 bridgehead atoms. The third-order valence-corrected chi connectivity index (χ3v) is 2.56. The Morgan fingerprint density at radius 1 is 1.42 bits per heavy atom. The normalized spacial score (nSPS) is 12.9. The van der Waals surface area contributed by atoms with E-state index >= 15 is 0 Å². The lowest BCUT2D eigenvalue weighted by Crippen LogP contribution is -2.01. The highest BCUT2D eigenvalue weighted by Crippen LogP contribution is 2.17. The Kier molecular flexibility index (Phi) is 3.76. The molecule has 12 heavy (non-hydrogen) atoms. The van der Waals surface area contributed by atoms with Gasteiger partial charge in [0.2, 0.25) is 0 Å². The number of aryl methyl sites for hydroxylation is 1. The van der Waals surface area contributed by atoms with Crippen LogP contribution in [0.3, 0.4) is 0 Å². The van der Waals surface area contributed by atoms with E-state index in [4.69, 9.17) is 5.11 Å². The molecule has 0 aliphatic heterocycles. The van der Waals surface area contributed by atoms with E-state index in [1.165, 1.54) is 5.56 Å². The Labute approximate surface area is 81.6 Å². The molecule has 0 aromatic heterocycles. The lowest BCUT2D eigenvalue weighted by molar-refractivity contribution is 0.185. The standard InChI is InChI=1S/C10H13BrO/c1-8(12)6-7-9-4-2-3-5-10(9)11/h2-5,8,12H,6-7H2,1H3/t8-/m0/s1. The van der Waals surface area contributed by atoms with Crippen molar-refractivity contribution >= 4 is 15.9 Å². The molecule has 0 radical (unpaired) electrons. The lowest BCUT2D eigenvalue weighted by atomic mass is 10.1. The zero-order valence-corrected chi connectivity index (χ0v) is 8.71. The van der Waals surface area contributed by atoms with Gasteiger partial charge in [-0.25, -0.2) is 0 Å². The fourth-order valence-electron chi connectivity index (χ4n) is 1.07. The molecular formula is C10H13BrO. The predicted octanol–water partition coefficient (Wildman–Crippen LogP) is 2.76. The van der Waals surface area contributed by atoms with Gasteiger partial charge in [0.25, 0.3) is 0 Å². The highest BCUT2D eigenvalue weighted by atomic mass is 79.9. The number of aliphatic hydroxyl groups excluding tert-OH is 1. The van der Waals surface area contributed by atoms with Crippen molar-refractivity contribution < 1.29 is 5.11 Å². The molecule has 1 aromatic carbocycles. The van der Waals surface area contributed by atoms with Crippen LogP contribution in [-0.4, -0.2) is 11.2 Å². The fraction of sp³-hybridized carbons (Fsp3) is 0.400. The van der Waals surface area contributed by atoms with Crippen LogP contribution in [0.1, 0.15) is 18.9 Å². The van der Waals surface area contributed by atoms with Crippen molar-refractivity contribution in [2.24, 2.45) is 0 Å². The first kappa shape index (κ1) is 9.75. The van der Waals surface area contributed by atoms with E-state index in [9.17, 15) is 0 Å². The van der Waals surface area contributed by atoms with Gasteiger partial charge in [-0.05, 0) is 31.4 Å². The second kappa shape index (κ2) is 4.63. The highest BCUT2D eigenvalue weighted by molar-refractivity contribution is 9.10. The van der Waals surface area contributed by atoms with Crippen LogP contribution in [0.5, 0.6) is 0 Å². The molecule has 1 nitrogen and oxygen atoms in total. The molecule has 0 spiro atoms. The van der Waals surface area contributed by atoms with Crippen LogP contribution in [0.2, 0.25) is 0 Å². The Balaban J connectivity index is 2.57. The number of rotatable bonds is 3. The molecule has 0 aliphatic carbocycles. The van der Waals surface area contributed by atoms with E-state index in [0.717, 1.165) is 17.3 Å². The maximum atomic E-state index is 9.09. The summed E-state index contributed by atoms with van der Waals surface area (Å²) in [5.41, 5.74) is 1.26. The van der Waals surface area contributed by atoms with Gasteiger partial charge in [-0.2, -0.15) is 0 Å². The molecule has 0 fully saturated rings. The first-order chi connectivity index (χ1) is 5.70. The lowest BCUT2D eigenvalue weighted by Gasteiger charge is -2.05. The van der Waals surface area contributed by atoms with Crippen LogP contribution in [0, 0.1) is 0 Å². The first-order valence-corrected chi connectivity index (χ1v) is 4.91. The van der Waals surface area contributed by atoms with Gasteiger partial charge in [-0.3, -0.25) is 0 Å². The van der Waals surface area contributed by atoms with Crippen molar-refractivity contribution in [2.45, 2.75) is 25.9 Å². The average molecular weight is 229 g/mol. The van der Waals surface area contributed by atoms with Crippen LogP contribution in [-0.2, 0) is 6.42 Å². The number of hydrogen-bond donors (Lipinski definition) is 1. The van der Waals surface area contributed by atoms with Gasteiger partial charge in [-0.1, -0.05) is 34.1 Å². The second-order valence-electron chi connectivity index (χ2n) is 2.98. The minimum absolute atomic E-state index is 0.211. The number of aliphatic hydroxyl groups is 1. The van der Waals surface area contributed by atoms with Gasteiger partial charge in [0.15, 0.2) is 0 Å². The van der Waals surface area contributed by atoms with Crippen molar-refractivity contribution in [2.75, 3.05) is 0 Å². The van der Waals surface area contributed by atoms with Crippen LogP contribution < -0.4 is 0 Å². The van der Waals surface area contributed by atoms with E-state index in [2.05, 4.69) is 22.0 Å². The molecule has 0 saturated carbocycles. The van der Waals surface area contributed by atoms with E-state index < -0.39 is 0 Å². The molecule has 66 valence electrons. The molecule has 0 heterocycles. The smallest absolute Gasteiger partial charge is 0.0515 e. The highest BCUT2D eigenvalue weighted by Gasteiger charge is 2.00. The third-order valence-electron chi connectivity index (χ3n) is 1.79. The third kappa shape index (κ3) is 2.95. The summed E-state index contributed by atoms with van der Waals surface area (Å²) in [6, 6.07) is 8.11. The van der Waals surface area contributed by atoms with Gasteiger partial charge < -0.3 is 5.11 Å². The summed E-state index contributed by atoms with van der Waals surface area (Å²) in [4.78, 5) is 0. The molecular weight excluding hydrogens is 216 g/mol. The monoisotopic (exact) mass is 228 g/mol. The van der Waals surface area contributed by atoms with Gasteiger partial charge >= 0.3 is 0 Å². The van der Waals surface area contributed by atoms with E-state index in [1.807, 2.05) is 25.1 Å². The zero-order chi connectivity index (χ0) is 8.97. The van der Waals surface area contributed by atoms with Gasteiger partial charge in [-0.15, -0.1) is 0 Å². The van der Waals surface area contributed by atoms with Crippen LogP contribution in [0.4, 0.5) is 0 Å². The van der Waals surface area contributed by atoms with Gasteiger partial charge in [0, 0.05) is 4.47 Å². The zero-order valence-electron chi connectivity index (χ0n) is 7.13.